The van der Waals surface area contributed by atoms with Crippen molar-refractivity contribution < 1.29 is 18.8 Å². The number of nitrogens with zero attached hydrogens (tertiary/aromatic N) is 2. The Balaban J connectivity index is 1.75. The van der Waals surface area contributed by atoms with Crippen molar-refractivity contribution >= 4 is 28.5 Å². The van der Waals surface area contributed by atoms with E-state index >= 15 is 0 Å². The Morgan fingerprint density at radius 3 is 2.21 bits per heavy atom. The fourth-order valence-corrected chi connectivity index (χ4v) is 3.23. The van der Waals surface area contributed by atoms with Crippen LogP contribution in [0.15, 0.2) is 53.3 Å². The molecule has 0 aliphatic carbocycles. The van der Waals surface area contributed by atoms with Gasteiger partial charge in [-0.15, -0.1) is 0 Å². The molecule has 0 saturated carbocycles. The summed E-state index contributed by atoms with van der Waals surface area (Å²) in [5.41, 5.74) is 4.45. The lowest BCUT2D eigenvalue weighted by Gasteiger charge is -2.22. The van der Waals surface area contributed by atoms with E-state index in [2.05, 4.69) is 21.3 Å². The smallest absolute Gasteiger partial charge is 0.290 e. The quantitative estimate of drug-likeness (QED) is 0.491. The molecule has 3 amide bonds. The molecule has 0 fully saturated rings. The van der Waals surface area contributed by atoms with Gasteiger partial charge in [0.15, 0.2) is 5.69 Å². The zero-order chi connectivity index (χ0) is 24.1. The Bertz CT molecular complexity index is 1250. The molecule has 0 saturated heterocycles. The van der Waals surface area contributed by atoms with Gasteiger partial charge in [0, 0.05) is 17.5 Å². The van der Waals surface area contributed by atoms with Crippen LogP contribution >= 0.6 is 0 Å². The third-order valence-electron chi connectivity index (χ3n) is 5.02. The van der Waals surface area contributed by atoms with Crippen LogP contribution in [0.2, 0.25) is 0 Å². The summed E-state index contributed by atoms with van der Waals surface area (Å²) in [7, 11) is 0. The average molecular weight is 453 g/mol. The van der Waals surface area contributed by atoms with Gasteiger partial charge in [-0.3, -0.25) is 30.0 Å². The van der Waals surface area contributed by atoms with Crippen LogP contribution in [0.3, 0.4) is 0 Å². The van der Waals surface area contributed by atoms with Crippen molar-refractivity contribution in [2.45, 2.75) is 33.4 Å². The molecule has 172 valence electrons. The number of aromatic nitrogens is 2. The minimum atomic E-state index is -0.975. The second-order valence-electron chi connectivity index (χ2n) is 7.66. The number of amides is 3. The first-order chi connectivity index (χ1) is 15.7. The molecule has 0 unspecified atom stereocenters. The van der Waals surface area contributed by atoms with Gasteiger partial charge < -0.3 is 5.32 Å². The SMILES string of the molecule is CCn1nc(C(=O)NNC(=O)[C@@H](NC(=O)c2ccc(F)cc2)C(C)C)c2ccccc2c1=O. The molecule has 1 aromatic heterocycles. The van der Waals surface area contributed by atoms with Gasteiger partial charge in [0.1, 0.15) is 11.9 Å². The van der Waals surface area contributed by atoms with Crippen molar-refractivity contribution in [1.29, 1.82) is 0 Å². The first-order valence-corrected chi connectivity index (χ1v) is 10.4. The third kappa shape index (κ3) is 5.22. The van der Waals surface area contributed by atoms with Crippen LogP contribution in [0, 0.1) is 11.7 Å². The highest BCUT2D eigenvalue weighted by Gasteiger charge is 2.26. The summed E-state index contributed by atoms with van der Waals surface area (Å²) < 4.78 is 14.3. The summed E-state index contributed by atoms with van der Waals surface area (Å²) in [4.78, 5) is 50.4. The fourth-order valence-electron chi connectivity index (χ4n) is 3.23. The highest BCUT2D eigenvalue weighted by molar-refractivity contribution is 6.05. The van der Waals surface area contributed by atoms with E-state index in [0.717, 1.165) is 12.1 Å². The van der Waals surface area contributed by atoms with E-state index in [-0.39, 0.29) is 29.3 Å². The lowest BCUT2D eigenvalue weighted by molar-refractivity contribution is -0.124. The summed E-state index contributed by atoms with van der Waals surface area (Å²) in [6, 6.07) is 10.5. The minimum absolute atomic E-state index is 0.0243. The normalized spacial score (nSPS) is 11.8. The number of aryl methyl sites for hydroxylation is 1. The van der Waals surface area contributed by atoms with E-state index in [4.69, 9.17) is 0 Å². The van der Waals surface area contributed by atoms with Crippen molar-refractivity contribution in [2.24, 2.45) is 5.92 Å². The maximum absolute atomic E-state index is 13.1. The second-order valence-corrected chi connectivity index (χ2v) is 7.66. The van der Waals surface area contributed by atoms with Gasteiger partial charge >= 0.3 is 0 Å². The van der Waals surface area contributed by atoms with Crippen LogP contribution in [-0.4, -0.2) is 33.5 Å². The van der Waals surface area contributed by atoms with Crippen molar-refractivity contribution in [3.05, 3.63) is 76.0 Å². The summed E-state index contributed by atoms with van der Waals surface area (Å²) >= 11 is 0. The molecule has 3 aromatic rings. The largest absolute Gasteiger partial charge is 0.340 e. The lowest BCUT2D eigenvalue weighted by atomic mass is 10.0. The predicted molar refractivity (Wildman–Crippen MR) is 120 cm³/mol. The minimum Gasteiger partial charge on any atom is -0.340 e. The zero-order valence-electron chi connectivity index (χ0n) is 18.4. The molecule has 0 spiro atoms. The molecule has 0 bridgehead atoms. The van der Waals surface area contributed by atoms with Crippen molar-refractivity contribution in [1.82, 2.24) is 25.9 Å². The van der Waals surface area contributed by atoms with Crippen LogP contribution in [-0.2, 0) is 11.3 Å². The van der Waals surface area contributed by atoms with Gasteiger partial charge in [0.25, 0.3) is 23.3 Å². The number of carbonyl (C=O) groups excluding carboxylic acids is 3. The molecule has 1 heterocycles. The zero-order valence-corrected chi connectivity index (χ0v) is 18.4. The highest BCUT2D eigenvalue weighted by atomic mass is 19.1. The third-order valence-corrected chi connectivity index (χ3v) is 5.02. The second kappa shape index (κ2) is 10.0. The Kier molecular flexibility index (Phi) is 7.17. The number of hydrogen-bond acceptors (Lipinski definition) is 5. The summed E-state index contributed by atoms with van der Waals surface area (Å²) in [5, 5.41) is 7.38. The first-order valence-electron chi connectivity index (χ1n) is 10.4. The molecule has 0 aliphatic heterocycles. The van der Waals surface area contributed by atoms with E-state index in [1.54, 1.807) is 45.0 Å². The molecular weight excluding hydrogens is 429 g/mol. The molecule has 0 radical (unpaired) electrons. The Morgan fingerprint density at radius 2 is 1.61 bits per heavy atom. The van der Waals surface area contributed by atoms with E-state index < -0.39 is 29.6 Å². The average Bonchev–Trinajstić information content (AvgIpc) is 2.81. The number of nitrogens with one attached hydrogen (secondary N) is 3. The number of carbonyl (C=O) groups is 3. The van der Waals surface area contributed by atoms with E-state index in [1.807, 2.05) is 0 Å². The van der Waals surface area contributed by atoms with E-state index in [0.29, 0.717) is 10.8 Å². The molecular formula is C23H24FN5O4. The van der Waals surface area contributed by atoms with Crippen LogP contribution in [0.5, 0.6) is 0 Å². The fraction of sp³-hybridized carbons (Fsp3) is 0.261. The van der Waals surface area contributed by atoms with Crippen molar-refractivity contribution in [3.63, 3.8) is 0 Å². The topological polar surface area (TPSA) is 122 Å². The molecule has 3 N–H and O–H groups in total. The molecule has 33 heavy (non-hydrogen) atoms. The van der Waals surface area contributed by atoms with Crippen molar-refractivity contribution in [3.8, 4) is 0 Å². The molecule has 3 rings (SSSR count). The lowest BCUT2D eigenvalue weighted by Crippen LogP contribution is -2.54. The van der Waals surface area contributed by atoms with Gasteiger partial charge in [0.05, 0.1) is 5.39 Å². The number of fused-ring (bicyclic) bond motifs is 1. The van der Waals surface area contributed by atoms with Gasteiger partial charge in [-0.25, -0.2) is 9.07 Å². The van der Waals surface area contributed by atoms with Gasteiger partial charge in [-0.2, -0.15) is 5.10 Å². The standard InChI is InChI=1S/C23H24FN5O4/c1-4-29-23(33)17-8-6-5-7-16(17)19(28-29)22(32)27-26-21(31)18(13(2)3)25-20(30)14-9-11-15(24)12-10-14/h5-13,18H,4H2,1-3H3,(H,25,30)(H,26,31)(H,27,32)/t18-/m0/s1. The molecule has 9 nitrogen and oxygen atoms in total. The number of hydrogen-bond donors (Lipinski definition) is 3. The number of hydrazine groups is 1. The summed E-state index contributed by atoms with van der Waals surface area (Å²) in [6.07, 6.45) is 0. The molecule has 0 aliphatic rings. The van der Waals surface area contributed by atoms with Gasteiger partial charge in [-0.1, -0.05) is 32.0 Å². The molecule has 1 atom stereocenters. The first kappa shape index (κ1) is 23.6. The highest BCUT2D eigenvalue weighted by Crippen LogP contribution is 2.13. The van der Waals surface area contributed by atoms with Crippen molar-refractivity contribution in [2.75, 3.05) is 0 Å². The van der Waals surface area contributed by atoms with Gasteiger partial charge in [-0.05, 0) is 43.2 Å². The van der Waals surface area contributed by atoms with Crippen LogP contribution in [0.1, 0.15) is 41.6 Å². The summed E-state index contributed by atoms with van der Waals surface area (Å²) in [6.45, 7) is 5.44. The summed E-state index contributed by atoms with van der Waals surface area (Å²) in [5.74, 6) is -2.72. The Morgan fingerprint density at radius 1 is 0.970 bits per heavy atom. The number of halogens is 1. The number of rotatable bonds is 6. The van der Waals surface area contributed by atoms with Crippen LogP contribution in [0.4, 0.5) is 4.39 Å². The molecule has 2 aromatic carbocycles. The van der Waals surface area contributed by atoms with Gasteiger partial charge in [0.2, 0.25) is 0 Å². The van der Waals surface area contributed by atoms with E-state index in [1.165, 1.54) is 16.8 Å². The monoisotopic (exact) mass is 453 g/mol. The predicted octanol–water partition coefficient (Wildman–Crippen LogP) is 1.77. The number of benzene rings is 2. The van der Waals surface area contributed by atoms with Crippen LogP contribution < -0.4 is 21.7 Å². The maximum atomic E-state index is 13.1. The molecule has 10 heteroatoms. The van der Waals surface area contributed by atoms with E-state index in [9.17, 15) is 23.6 Å². The Labute approximate surface area is 189 Å². The maximum Gasteiger partial charge on any atom is 0.290 e. The Hall–Kier alpha value is -4.08. The van der Waals surface area contributed by atoms with Crippen LogP contribution in [0.25, 0.3) is 10.8 Å².